The van der Waals surface area contributed by atoms with Gasteiger partial charge in [-0.1, -0.05) is 25.7 Å². The number of carboxylic acid groups (broad SMARTS) is 2. The molecule has 5 nitrogen and oxygen atoms in total. The van der Waals surface area contributed by atoms with Crippen molar-refractivity contribution in [1.82, 2.24) is 0 Å². The zero-order chi connectivity index (χ0) is 15.2. The Morgan fingerprint density at radius 2 is 0.800 bits per heavy atom. The third-order valence-electron chi connectivity index (χ3n) is 3.19. The minimum Gasteiger partial charge on any atom is -0.481 e. The minimum absolute atomic E-state index is 0.142. The zero-order valence-electron chi connectivity index (χ0n) is 12.1. The van der Waals surface area contributed by atoms with Crippen molar-refractivity contribution in [3.8, 4) is 0 Å². The molecule has 0 unspecified atom stereocenters. The normalized spacial score (nSPS) is 10.4. The Bertz CT molecular complexity index is 299. The third kappa shape index (κ3) is 14.7. The molecule has 0 rings (SSSR count). The maximum atomic E-state index is 11.5. The highest BCUT2D eigenvalue weighted by Crippen LogP contribution is 2.10. The summed E-state index contributed by atoms with van der Waals surface area (Å²) in [6.45, 7) is 0. The zero-order valence-corrected chi connectivity index (χ0v) is 12.1. The van der Waals surface area contributed by atoms with Crippen molar-refractivity contribution < 1.29 is 24.6 Å². The molecule has 0 aromatic heterocycles. The van der Waals surface area contributed by atoms with Gasteiger partial charge in [-0.3, -0.25) is 14.4 Å². The molecule has 5 heteroatoms. The monoisotopic (exact) mass is 286 g/mol. The van der Waals surface area contributed by atoms with Crippen LogP contribution in [0.3, 0.4) is 0 Å². The van der Waals surface area contributed by atoms with Crippen molar-refractivity contribution in [3.63, 3.8) is 0 Å². The molecule has 0 aliphatic heterocycles. The molecule has 0 saturated carbocycles. The first-order valence-corrected chi connectivity index (χ1v) is 7.47. The number of Topliss-reactive ketones (excluding diaryl/α,β-unsaturated/α-hetero) is 1. The highest BCUT2D eigenvalue weighted by atomic mass is 16.4. The molecular formula is C15H26O5. The van der Waals surface area contributed by atoms with E-state index in [1.807, 2.05) is 0 Å². The lowest BCUT2D eigenvalue weighted by Crippen LogP contribution is -1.99. The molecule has 0 atom stereocenters. The smallest absolute Gasteiger partial charge is 0.303 e. The molecule has 0 spiro atoms. The molecule has 0 bridgehead atoms. The van der Waals surface area contributed by atoms with Gasteiger partial charge >= 0.3 is 11.9 Å². The second kappa shape index (κ2) is 12.6. The van der Waals surface area contributed by atoms with Gasteiger partial charge in [-0.2, -0.15) is 0 Å². The van der Waals surface area contributed by atoms with Gasteiger partial charge in [0.15, 0.2) is 0 Å². The van der Waals surface area contributed by atoms with Crippen LogP contribution in [0, 0.1) is 0 Å². The quantitative estimate of drug-likeness (QED) is 0.477. The Morgan fingerprint density at radius 1 is 0.500 bits per heavy atom. The minimum atomic E-state index is -0.805. The summed E-state index contributed by atoms with van der Waals surface area (Å²) in [7, 11) is 0. The Balaban J connectivity index is 3.23. The van der Waals surface area contributed by atoms with E-state index in [9.17, 15) is 14.4 Å². The predicted molar refractivity (Wildman–Crippen MR) is 75.7 cm³/mol. The SMILES string of the molecule is O=C(O)CCCCCCCCC(=O)CCCCC(=O)O. The standard InChI is InChI=1S/C15H26O5/c16-13(10-7-8-12-15(19)20)9-5-3-1-2-4-6-11-14(17)18/h1-12H2,(H,17,18)(H,19,20). The lowest BCUT2D eigenvalue weighted by Gasteiger charge is -2.02. The van der Waals surface area contributed by atoms with Crippen LogP contribution >= 0.6 is 0 Å². The largest absolute Gasteiger partial charge is 0.481 e. The van der Waals surface area contributed by atoms with Crippen molar-refractivity contribution in [1.29, 1.82) is 0 Å². The van der Waals surface area contributed by atoms with Gasteiger partial charge in [0.2, 0.25) is 0 Å². The Hall–Kier alpha value is -1.39. The fraction of sp³-hybridized carbons (Fsp3) is 0.800. The first-order chi connectivity index (χ1) is 9.52. The van der Waals surface area contributed by atoms with E-state index in [4.69, 9.17) is 10.2 Å². The summed E-state index contributed by atoms with van der Waals surface area (Å²) in [6, 6.07) is 0. The molecule has 116 valence electrons. The molecule has 0 radical (unpaired) electrons. The van der Waals surface area contributed by atoms with Gasteiger partial charge in [0.05, 0.1) is 0 Å². The lowest BCUT2D eigenvalue weighted by atomic mass is 10.0. The summed E-state index contributed by atoms with van der Waals surface area (Å²) in [4.78, 5) is 32.1. The predicted octanol–water partition coefficient (Wildman–Crippen LogP) is 3.41. The molecule has 0 saturated heterocycles. The van der Waals surface area contributed by atoms with Gasteiger partial charge in [0.25, 0.3) is 0 Å². The van der Waals surface area contributed by atoms with Gasteiger partial charge in [-0.05, 0) is 25.7 Å². The average Bonchev–Trinajstić information content (AvgIpc) is 2.37. The summed E-state index contributed by atoms with van der Waals surface area (Å²) >= 11 is 0. The fourth-order valence-corrected chi connectivity index (χ4v) is 2.03. The number of hydrogen-bond donors (Lipinski definition) is 2. The van der Waals surface area contributed by atoms with E-state index in [0.717, 1.165) is 38.5 Å². The van der Waals surface area contributed by atoms with Crippen LogP contribution in [0.25, 0.3) is 0 Å². The van der Waals surface area contributed by atoms with Crippen molar-refractivity contribution in [2.75, 3.05) is 0 Å². The second-order valence-electron chi connectivity index (χ2n) is 5.15. The number of rotatable bonds is 14. The van der Waals surface area contributed by atoms with E-state index in [-0.39, 0.29) is 18.6 Å². The molecule has 0 aliphatic rings. The molecule has 2 N–H and O–H groups in total. The van der Waals surface area contributed by atoms with E-state index in [2.05, 4.69) is 0 Å². The van der Waals surface area contributed by atoms with Crippen LogP contribution in [0.4, 0.5) is 0 Å². The van der Waals surface area contributed by atoms with Gasteiger partial charge in [0.1, 0.15) is 5.78 Å². The van der Waals surface area contributed by atoms with E-state index in [0.29, 0.717) is 25.7 Å². The summed E-state index contributed by atoms with van der Waals surface area (Å²) < 4.78 is 0. The van der Waals surface area contributed by atoms with Crippen LogP contribution in [0.15, 0.2) is 0 Å². The van der Waals surface area contributed by atoms with Crippen molar-refractivity contribution >= 4 is 17.7 Å². The van der Waals surface area contributed by atoms with Crippen molar-refractivity contribution in [2.24, 2.45) is 0 Å². The van der Waals surface area contributed by atoms with Crippen molar-refractivity contribution in [2.45, 2.75) is 77.0 Å². The van der Waals surface area contributed by atoms with Crippen LogP contribution in [-0.4, -0.2) is 27.9 Å². The van der Waals surface area contributed by atoms with Crippen LogP contribution in [0.5, 0.6) is 0 Å². The average molecular weight is 286 g/mol. The maximum absolute atomic E-state index is 11.5. The number of carbonyl (C=O) groups is 3. The lowest BCUT2D eigenvalue weighted by molar-refractivity contribution is -0.138. The third-order valence-corrected chi connectivity index (χ3v) is 3.19. The van der Waals surface area contributed by atoms with Crippen LogP contribution < -0.4 is 0 Å². The number of carboxylic acids is 2. The second-order valence-corrected chi connectivity index (χ2v) is 5.15. The van der Waals surface area contributed by atoms with E-state index < -0.39 is 11.9 Å². The highest BCUT2D eigenvalue weighted by Gasteiger charge is 2.03. The van der Waals surface area contributed by atoms with Gasteiger partial charge in [-0.15, -0.1) is 0 Å². The molecular weight excluding hydrogens is 260 g/mol. The van der Waals surface area contributed by atoms with Gasteiger partial charge in [0, 0.05) is 25.7 Å². The summed E-state index contributed by atoms with van der Waals surface area (Å²) in [5.41, 5.74) is 0. The summed E-state index contributed by atoms with van der Waals surface area (Å²) in [5.74, 6) is -1.32. The number of carbonyl (C=O) groups excluding carboxylic acids is 1. The number of hydrogen-bond acceptors (Lipinski definition) is 3. The van der Waals surface area contributed by atoms with Crippen LogP contribution in [0.1, 0.15) is 77.0 Å². The first-order valence-electron chi connectivity index (χ1n) is 7.47. The van der Waals surface area contributed by atoms with Gasteiger partial charge < -0.3 is 10.2 Å². The molecule has 0 aliphatic carbocycles. The molecule has 0 aromatic rings. The van der Waals surface area contributed by atoms with E-state index >= 15 is 0 Å². The van der Waals surface area contributed by atoms with Crippen LogP contribution in [-0.2, 0) is 14.4 Å². The molecule has 20 heavy (non-hydrogen) atoms. The number of ketones is 1. The summed E-state index contributed by atoms with van der Waals surface area (Å²) in [6.07, 6.45) is 8.35. The first kappa shape index (κ1) is 18.6. The summed E-state index contributed by atoms with van der Waals surface area (Å²) in [5, 5.41) is 16.9. The molecule has 0 fully saturated rings. The highest BCUT2D eigenvalue weighted by molar-refractivity contribution is 5.78. The van der Waals surface area contributed by atoms with E-state index in [1.165, 1.54) is 0 Å². The molecule has 0 aromatic carbocycles. The fourth-order valence-electron chi connectivity index (χ4n) is 2.03. The van der Waals surface area contributed by atoms with Gasteiger partial charge in [-0.25, -0.2) is 0 Å². The Labute approximate surface area is 120 Å². The Kier molecular flexibility index (Phi) is 11.8. The Morgan fingerprint density at radius 3 is 1.25 bits per heavy atom. The maximum Gasteiger partial charge on any atom is 0.303 e. The van der Waals surface area contributed by atoms with Crippen molar-refractivity contribution in [3.05, 3.63) is 0 Å². The van der Waals surface area contributed by atoms with E-state index in [1.54, 1.807) is 0 Å². The molecule has 0 heterocycles. The molecule has 0 amide bonds. The van der Waals surface area contributed by atoms with Crippen LogP contribution in [0.2, 0.25) is 0 Å². The topological polar surface area (TPSA) is 91.7 Å². The number of unbranched alkanes of at least 4 members (excludes halogenated alkanes) is 6. The number of aliphatic carboxylic acids is 2.